The van der Waals surface area contributed by atoms with Crippen molar-refractivity contribution >= 4 is 17.9 Å². The van der Waals surface area contributed by atoms with Gasteiger partial charge in [-0.25, -0.2) is 9.79 Å². The molecule has 0 saturated carbocycles. The van der Waals surface area contributed by atoms with Gasteiger partial charge in [0.1, 0.15) is 0 Å². The molecule has 140 valence electrons. The Morgan fingerprint density at radius 1 is 1.23 bits per heavy atom. The summed E-state index contributed by atoms with van der Waals surface area (Å²) in [6.07, 6.45) is 0.475. The summed E-state index contributed by atoms with van der Waals surface area (Å²) in [6, 6.07) is 9.29. The average Bonchev–Trinajstić information content (AvgIpc) is 2.99. The first kappa shape index (κ1) is 18.2. The van der Waals surface area contributed by atoms with Crippen molar-refractivity contribution in [3.63, 3.8) is 0 Å². The Hall–Kier alpha value is -2.57. The van der Waals surface area contributed by atoms with E-state index in [1.165, 1.54) is 10.5 Å². The number of carbonyl (C=O) groups is 2. The van der Waals surface area contributed by atoms with Gasteiger partial charge in [-0.05, 0) is 17.9 Å². The molecule has 0 spiro atoms. The van der Waals surface area contributed by atoms with Crippen molar-refractivity contribution < 1.29 is 9.59 Å². The Morgan fingerprint density at radius 3 is 2.58 bits per heavy atom. The monoisotopic (exact) mass is 357 g/mol. The van der Waals surface area contributed by atoms with Crippen molar-refractivity contribution in [3.8, 4) is 0 Å². The largest absolute Gasteiger partial charge is 0.341 e. The van der Waals surface area contributed by atoms with E-state index in [4.69, 9.17) is 4.99 Å². The van der Waals surface area contributed by atoms with Gasteiger partial charge >= 0.3 is 6.03 Å². The second-order valence-electron chi connectivity index (χ2n) is 7.41. The van der Waals surface area contributed by atoms with E-state index < -0.39 is 18.2 Å². The first-order valence-electron chi connectivity index (χ1n) is 9.05. The predicted molar refractivity (Wildman–Crippen MR) is 100 cm³/mol. The number of imide groups is 1. The summed E-state index contributed by atoms with van der Waals surface area (Å²) in [6.45, 7) is 5.74. The molecular weight excluding hydrogens is 330 g/mol. The quantitative estimate of drug-likeness (QED) is 0.871. The third-order valence-electron chi connectivity index (χ3n) is 4.89. The van der Waals surface area contributed by atoms with Gasteiger partial charge in [-0.2, -0.15) is 0 Å². The number of nitrogens with zero attached hydrogens (tertiary/aromatic N) is 4. The highest BCUT2D eigenvalue weighted by atomic mass is 16.2. The van der Waals surface area contributed by atoms with Crippen LogP contribution in [0.5, 0.6) is 0 Å². The number of aliphatic imine (C=N–C) groups is 1. The zero-order valence-electron chi connectivity index (χ0n) is 15.8. The second-order valence-corrected chi connectivity index (χ2v) is 7.41. The van der Waals surface area contributed by atoms with Gasteiger partial charge in [-0.1, -0.05) is 44.2 Å². The lowest BCUT2D eigenvalue weighted by Crippen LogP contribution is -2.64. The Balaban J connectivity index is 1.86. The molecule has 3 rings (SSSR count). The maximum Gasteiger partial charge on any atom is 0.325 e. The maximum absolute atomic E-state index is 12.5. The molecule has 1 aromatic carbocycles. The van der Waals surface area contributed by atoms with Crippen LogP contribution in [0.25, 0.3) is 0 Å². The molecule has 26 heavy (non-hydrogen) atoms. The third kappa shape index (κ3) is 3.52. The molecule has 2 aliphatic heterocycles. The Labute approximate surface area is 154 Å². The van der Waals surface area contributed by atoms with Crippen molar-refractivity contribution in [1.82, 2.24) is 20.0 Å². The van der Waals surface area contributed by atoms with Crippen LogP contribution in [0.1, 0.15) is 25.8 Å². The first-order chi connectivity index (χ1) is 12.4. The zero-order chi connectivity index (χ0) is 18.8. The molecule has 2 unspecified atom stereocenters. The minimum Gasteiger partial charge on any atom is -0.341 e. The standard InChI is InChI=1S/C19H27N5O2/c1-13(2)10-11-24-15-16(23(4)19(26)21-17(15)25)20-18(24)22(3)12-14-8-6-5-7-9-14/h5-9,13,15-16H,10-12H2,1-4H3,(H,21,25,26). The highest BCUT2D eigenvalue weighted by Crippen LogP contribution is 2.26. The number of urea groups is 1. The van der Waals surface area contributed by atoms with Crippen LogP contribution in [0.2, 0.25) is 0 Å². The van der Waals surface area contributed by atoms with E-state index in [2.05, 4.69) is 36.2 Å². The van der Waals surface area contributed by atoms with Crippen molar-refractivity contribution in [2.75, 3.05) is 20.6 Å². The fraction of sp³-hybridized carbons (Fsp3) is 0.526. The van der Waals surface area contributed by atoms with Crippen LogP contribution in [-0.4, -0.2) is 65.4 Å². The lowest BCUT2D eigenvalue weighted by Gasteiger charge is -2.37. The lowest BCUT2D eigenvalue weighted by molar-refractivity contribution is -0.127. The Morgan fingerprint density at radius 2 is 1.92 bits per heavy atom. The highest BCUT2D eigenvalue weighted by Gasteiger charge is 2.49. The summed E-state index contributed by atoms with van der Waals surface area (Å²) in [5.41, 5.74) is 1.17. The molecule has 7 nitrogen and oxygen atoms in total. The highest BCUT2D eigenvalue weighted by molar-refractivity contribution is 6.03. The number of fused-ring (bicyclic) bond motifs is 1. The maximum atomic E-state index is 12.5. The van der Waals surface area contributed by atoms with Crippen LogP contribution in [0.15, 0.2) is 35.3 Å². The SMILES string of the molecule is CC(C)CCN1C(N(C)Cc2ccccc2)=NC2C1C(=O)NC(=O)N2C. The molecule has 1 saturated heterocycles. The number of guanidine groups is 1. The molecule has 0 bridgehead atoms. The van der Waals surface area contributed by atoms with E-state index in [9.17, 15) is 9.59 Å². The summed E-state index contributed by atoms with van der Waals surface area (Å²) in [5, 5.41) is 2.44. The van der Waals surface area contributed by atoms with E-state index in [0.717, 1.165) is 18.9 Å². The van der Waals surface area contributed by atoms with Crippen LogP contribution in [0, 0.1) is 5.92 Å². The molecule has 7 heteroatoms. The van der Waals surface area contributed by atoms with E-state index >= 15 is 0 Å². The number of hydrogen-bond acceptors (Lipinski definition) is 5. The van der Waals surface area contributed by atoms with E-state index in [0.29, 0.717) is 12.5 Å². The summed E-state index contributed by atoms with van der Waals surface area (Å²) in [7, 11) is 3.66. The number of hydrogen-bond donors (Lipinski definition) is 1. The smallest absolute Gasteiger partial charge is 0.325 e. The van der Waals surface area contributed by atoms with Gasteiger partial charge in [0.05, 0.1) is 0 Å². The molecular formula is C19H27N5O2. The van der Waals surface area contributed by atoms with Crippen LogP contribution >= 0.6 is 0 Å². The van der Waals surface area contributed by atoms with Crippen LogP contribution in [0.3, 0.4) is 0 Å². The van der Waals surface area contributed by atoms with Crippen LogP contribution < -0.4 is 5.32 Å². The molecule has 0 radical (unpaired) electrons. The van der Waals surface area contributed by atoms with Crippen LogP contribution in [-0.2, 0) is 11.3 Å². The van der Waals surface area contributed by atoms with Gasteiger partial charge in [-0.15, -0.1) is 0 Å². The molecule has 0 aromatic heterocycles. The normalized spacial score (nSPS) is 22.4. The summed E-state index contributed by atoms with van der Waals surface area (Å²) >= 11 is 0. The Kier molecular flexibility index (Phi) is 5.15. The van der Waals surface area contributed by atoms with E-state index in [-0.39, 0.29) is 5.91 Å². The van der Waals surface area contributed by atoms with Crippen molar-refractivity contribution in [3.05, 3.63) is 35.9 Å². The zero-order valence-corrected chi connectivity index (χ0v) is 15.8. The summed E-state index contributed by atoms with van der Waals surface area (Å²) < 4.78 is 0. The molecule has 1 aromatic rings. The molecule has 2 aliphatic rings. The number of rotatable bonds is 5. The third-order valence-corrected chi connectivity index (χ3v) is 4.89. The van der Waals surface area contributed by atoms with Crippen molar-refractivity contribution in [2.24, 2.45) is 10.9 Å². The van der Waals surface area contributed by atoms with Gasteiger partial charge < -0.3 is 14.7 Å². The minimum absolute atomic E-state index is 0.270. The number of benzene rings is 1. The van der Waals surface area contributed by atoms with E-state index in [1.807, 2.05) is 30.1 Å². The number of amides is 3. The number of likely N-dealkylation sites (N-methyl/N-ethyl adjacent to an activating group) is 1. The molecule has 2 atom stereocenters. The minimum atomic E-state index is -0.475. The van der Waals surface area contributed by atoms with E-state index in [1.54, 1.807) is 7.05 Å². The van der Waals surface area contributed by atoms with Crippen molar-refractivity contribution in [1.29, 1.82) is 0 Å². The summed E-state index contributed by atoms with van der Waals surface area (Å²) in [5.74, 6) is 1.01. The molecule has 3 amide bonds. The van der Waals surface area contributed by atoms with Gasteiger partial charge in [0, 0.05) is 27.2 Å². The second kappa shape index (κ2) is 7.35. The Bertz CT molecular complexity index is 703. The summed E-state index contributed by atoms with van der Waals surface area (Å²) in [4.78, 5) is 34.9. The van der Waals surface area contributed by atoms with Gasteiger partial charge in [0.25, 0.3) is 5.91 Å². The first-order valence-corrected chi connectivity index (χ1v) is 9.05. The predicted octanol–water partition coefficient (Wildman–Crippen LogP) is 1.71. The molecule has 2 heterocycles. The fourth-order valence-corrected chi connectivity index (χ4v) is 3.39. The van der Waals surface area contributed by atoms with Crippen LogP contribution in [0.4, 0.5) is 4.79 Å². The lowest BCUT2D eigenvalue weighted by atomic mass is 10.1. The number of nitrogens with one attached hydrogen (secondary N) is 1. The average molecular weight is 357 g/mol. The topological polar surface area (TPSA) is 68.2 Å². The number of carbonyl (C=O) groups excluding carboxylic acids is 2. The van der Waals surface area contributed by atoms with Gasteiger partial charge in [-0.3, -0.25) is 10.1 Å². The van der Waals surface area contributed by atoms with Gasteiger partial charge in [0.15, 0.2) is 18.2 Å². The van der Waals surface area contributed by atoms with Crippen molar-refractivity contribution in [2.45, 2.75) is 39.0 Å². The van der Waals surface area contributed by atoms with Gasteiger partial charge in [0.2, 0.25) is 0 Å². The molecule has 1 fully saturated rings. The molecule has 1 N–H and O–H groups in total. The fourth-order valence-electron chi connectivity index (χ4n) is 3.39. The molecule has 0 aliphatic carbocycles.